The smallest absolute Gasteiger partial charge is 0.130 e. The molecule has 0 fully saturated rings. The molecule has 2 nitrogen and oxygen atoms in total. The Morgan fingerprint density at radius 1 is 1.78 bits per heavy atom. The van der Waals surface area contributed by atoms with Gasteiger partial charge in [0.15, 0.2) is 0 Å². The fourth-order valence-electron chi connectivity index (χ4n) is 0.381. The molecule has 52 valence electrons. The van der Waals surface area contributed by atoms with E-state index in [1.54, 1.807) is 0 Å². The van der Waals surface area contributed by atoms with Crippen LogP contribution >= 0.6 is 24.8 Å². The Balaban J connectivity index is 2.91. The molecule has 0 aromatic heterocycles. The maximum absolute atomic E-state index is 9.77. The summed E-state index contributed by atoms with van der Waals surface area (Å²) >= 11 is 8.44. The minimum atomic E-state index is 0.487. The van der Waals surface area contributed by atoms with Crippen molar-refractivity contribution in [3.63, 3.8) is 0 Å². The largest absolute Gasteiger partial charge is 0.371 e. The number of unbranched alkanes of at least 4 members (excludes halogenated alkanes) is 1. The van der Waals surface area contributed by atoms with Crippen molar-refractivity contribution in [1.29, 1.82) is 0 Å². The lowest BCUT2D eigenvalue weighted by Crippen LogP contribution is -2.17. The third-order valence-corrected chi connectivity index (χ3v) is 1.08. The van der Waals surface area contributed by atoms with Crippen molar-refractivity contribution in [1.82, 2.24) is 5.32 Å². The molecular formula is C5H9NOS2. The first-order chi connectivity index (χ1) is 4.27. The predicted octanol–water partition coefficient (Wildman–Crippen LogP) is 0.770. The minimum Gasteiger partial charge on any atom is -0.371 e. The monoisotopic (exact) mass is 163 g/mol. The average Bonchev–Trinajstić information content (AvgIpc) is 1.80. The quantitative estimate of drug-likeness (QED) is 0.278. The van der Waals surface area contributed by atoms with E-state index in [0.717, 1.165) is 19.3 Å². The summed E-state index contributed by atoms with van der Waals surface area (Å²) in [4.78, 5) is 9.77. The Morgan fingerprint density at radius 3 is 2.89 bits per heavy atom. The number of thiocarbonyl (C=S) groups is 1. The topological polar surface area (TPSA) is 29.1 Å². The Morgan fingerprint density at radius 2 is 2.44 bits per heavy atom. The maximum Gasteiger partial charge on any atom is 0.130 e. The number of carbonyl (C=O) groups is 1. The highest BCUT2D eigenvalue weighted by Gasteiger charge is 1.85. The molecule has 0 aromatic carbocycles. The maximum atomic E-state index is 9.77. The van der Waals surface area contributed by atoms with Crippen LogP contribution in [0, 0.1) is 0 Å². The summed E-state index contributed by atoms with van der Waals surface area (Å²) in [5.41, 5.74) is 0. The number of thiol groups is 1. The highest BCUT2D eigenvalue weighted by atomic mass is 32.1. The molecule has 4 heteroatoms. The number of rotatable bonds is 4. The standard InChI is InChI=1S/C5H9NOS2/c7-4-2-1-3-6-5(8)9/h4H,1-3H2,(H2,6,8,9). The van der Waals surface area contributed by atoms with E-state index in [0.29, 0.717) is 10.7 Å². The van der Waals surface area contributed by atoms with Crippen LogP contribution in [-0.4, -0.2) is 17.2 Å². The number of hydrogen-bond donors (Lipinski definition) is 2. The van der Waals surface area contributed by atoms with Crippen molar-refractivity contribution in [2.24, 2.45) is 0 Å². The number of hydrogen-bond acceptors (Lipinski definition) is 2. The van der Waals surface area contributed by atoms with Crippen LogP contribution in [0.4, 0.5) is 0 Å². The van der Waals surface area contributed by atoms with Gasteiger partial charge in [0.1, 0.15) is 10.6 Å². The van der Waals surface area contributed by atoms with Crippen LogP contribution in [0.5, 0.6) is 0 Å². The lowest BCUT2D eigenvalue weighted by atomic mass is 10.3. The normalized spacial score (nSPS) is 8.56. The van der Waals surface area contributed by atoms with Crippen molar-refractivity contribution in [2.45, 2.75) is 12.8 Å². The SMILES string of the molecule is O=CCCCNC(=S)S. The van der Waals surface area contributed by atoms with E-state index < -0.39 is 0 Å². The fraction of sp³-hybridized carbons (Fsp3) is 0.600. The van der Waals surface area contributed by atoms with E-state index in [2.05, 4.69) is 30.2 Å². The molecule has 0 atom stereocenters. The molecule has 0 amide bonds. The molecular weight excluding hydrogens is 154 g/mol. The van der Waals surface area contributed by atoms with Crippen LogP contribution in [0.3, 0.4) is 0 Å². The molecule has 0 heterocycles. The Bertz CT molecular complexity index is 105. The van der Waals surface area contributed by atoms with Crippen molar-refractivity contribution in [2.75, 3.05) is 6.54 Å². The van der Waals surface area contributed by atoms with Crippen molar-refractivity contribution < 1.29 is 4.79 Å². The van der Waals surface area contributed by atoms with E-state index >= 15 is 0 Å². The first-order valence-corrected chi connectivity index (χ1v) is 3.53. The van der Waals surface area contributed by atoms with Gasteiger partial charge >= 0.3 is 0 Å². The molecule has 0 rings (SSSR count). The van der Waals surface area contributed by atoms with Crippen molar-refractivity contribution >= 4 is 35.5 Å². The van der Waals surface area contributed by atoms with E-state index in [-0.39, 0.29) is 0 Å². The molecule has 9 heavy (non-hydrogen) atoms. The highest BCUT2D eigenvalue weighted by molar-refractivity contribution is 8.11. The van der Waals surface area contributed by atoms with Crippen LogP contribution in [-0.2, 0) is 4.79 Å². The van der Waals surface area contributed by atoms with Crippen LogP contribution in [0.15, 0.2) is 0 Å². The zero-order chi connectivity index (χ0) is 7.11. The van der Waals surface area contributed by atoms with Crippen LogP contribution in [0.25, 0.3) is 0 Å². The van der Waals surface area contributed by atoms with E-state index in [4.69, 9.17) is 0 Å². The fourth-order valence-corrected chi connectivity index (χ4v) is 0.595. The van der Waals surface area contributed by atoms with E-state index in [9.17, 15) is 4.79 Å². The molecule has 1 N–H and O–H groups in total. The lowest BCUT2D eigenvalue weighted by Gasteiger charge is -1.98. The van der Waals surface area contributed by atoms with Gasteiger partial charge in [-0.15, -0.1) is 12.6 Å². The molecule has 0 bridgehead atoms. The summed E-state index contributed by atoms with van der Waals surface area (Å²) < 4.78 is 0.487. The third-order valence-electron chi connectivity index (χ3n) is 0.775. The molecule has 0 aliphatic carbocycles. The molecule has 0 radical (unpaired) electrons. The summed E-state index contributed by atoms with van der Waals surface area (Å²) in [7, 11) is 0. The molecule has 0 unspecified atom stereocenters. The second-order valence-electron chi connectivity index (χ2n) is 1.54. The van der Waals surface area contributed by atoms with Crippen molar-refractivity contribution in [3.05, 3.63) is 0 Å². The zero-order valence-electron chi connectivity index (χ0n) is 4.96. The first-order valence-electron chi connectivity index (χ1n) is 2.68. The Hall–Kier alpha value is -0.0900. The van der Waals surface area contributed by atoms with E-state index in [1.807, 2.05) is 0 Å². The van der Waals surface area contributed by atoms with Gasteiger partial charge in [-0.25, -0.2) is 0 Å². The molecule has 0 aliphatic heterocycles. The summed E-state index contributed by atoms with van der Waals surface area (Å²) in [6.45, 7) is 0.737. The molecule has 0 saturated heterocycles. The summed E-state index contributed by atoms with van der Waals surface area (Å²) in [5, 5.41) is 2.82. The molecule has 0 aromatic rings. The lowest BCUT2D eigenvalue weighted by molar-refractivity contribution is -0.107. The summed E-state index contributed by atoms with van der Waals surface area (Å²) in [5.74, 6) is 0. The van der Waals surface area contributed by atoms with Gasteiger partial charge in [-0.05, 0) is 6.42 Å². The summed E-state index contributed by atoms with van der Waals surface area (Å²) in [6.07, 6.45) is 2.30. The van der Waals surface area contributed by atoms with Gasteiger partial charge in [0, 0.05) is 13.0 Å². The van der Waals surface area contributed by atoms with Gasteiger partial charge in [0.25, 0.3) is 0 Å². The minimum absolute atomic E-state index is 0.487. The summed E-state index contributed by atoms with van der Waals surface area (Å²) in [6, 6.07) is 0. The van der Waals surface area contributed by atoms with Gasteiger partial charge in [-0.1, -0.05) is 12.2 Å². The second kappa shape index (κ2) is 6.04. The second-order valence-corrected chi connectivity index (χ2v) is 2.70. The first kappa shape index (κ1) is 8.91. The van der Waals surface area contributed by atoms with Crippen LogP contribution in [0.1, 0.15) is 12.8 Å². The van der Waals surface area contributed by atoms with Gasteiger partial charge in [-0.2, -0.15) is 0 Å². The number of nitrogens with one attached hydrogen (secondary N) is 1. The van der Waals surface area contributed by atoms with Crippen molar-refractivity contribution in [3.8, 4) is 0 Å². The Labute approximate surface area is 65.4 Å². The number of aldehydes is 1. The zero-order valence-corrected chi connectivity index (χ0v) is 6.67. The molecule has 0 spiro atoms. The highest BCUT2D eigenvalue weighted by Crippen LogP contribution is 1.83. The molecule has 0 aliphatic rings. The van der Waals surface area contributed by atoms with Gasteiger partial charge in [0.2, 0.25) is 0 Å². The average molecular weight is 163 g/mol. The predicted molar refractivity (Wildman–Crippen MR) is 44.9 cm³/mol. The van der Waals surface area contributed by atoms with Gasteiger partial charge in [0.05, 0.1) is 0 Å². The van der Waals surface area contributed by atoms with Crippen LogP contribution in [0.2, 0.25) is 0 Å². The van der Waals surface area contributed by atoms with Crippen LogP contribution < -0.4 is 5.32 Å². The number of carbonyl (C=O) groups excluding carboxylic acids is 1. The van der Waals surface area contributed by atoms with Gasteiger partial charge in [-0.3, -0.25) is 0 Å². The molecule has 0 saturated carbocycles. The van der Waals surface area contributed by atoms with E-state index in [1.165, 1.54) is 0 Å². The third kappa shape index (κ3) is 7.91. The van der Waals surface area contributed by atoms with Gasteiger partial charge < -0.3 is 10.1 Å². The Kier molecular flexibility index (Phi) is 5.98.